The molecule has 2 aromatic rings. The summed E-state index contributed by atoms with van der Waals surface area (Å²) in [7, 11) is 0. The Hall–Kier alpha value is -1.22. The average Bonchev–Trinajstić information content (AvgIpc) is 2.45. The summed E-state index contributed by atoms with van der Waals surface area (Å²) in [4.78, 5) is 16.9. The highest BCUT2D eigenvalue weighted by molar-refractivity contribution is 6.30. The quantitative estimate of drug-likeness (QED) is 0.616. The molecule has 0 aliphatic carbocycles. The van der Waals surface area contributed by atoms with E-state index in [0.717, 1.165) is 0 Å². The molecule has 0 bridgehead atoms. The Bertz CT molecular complexity index is 443. The molecule has 0 fully saturated rings. The zero-order valence-electron chi connectivity index (χ0n) is 5.52. The molecule has 0 aromatic carbocycles. The molecule has 11 heavy (non-hydrogen) atoms. The first-order chi connectivity index (χ1) is 5.29. The van der Waals surface area contributed by atoms with Gasteiger partial charge in [0.15, 0.2) is 0 Å². The molecule has 2 aromatic heterocycles. The van der Waals surface area contributed by atoms with Gasteiger partial charge in [-0.2, -0.15) is 0 Å². The van der Waals surface area contributed by atoms with Gasteiger partial charge in [0.1, 0.15) is 10.7 Å². The molecule has 0 saturated carbocycles. The highest BCUT2D eigenvalue weighted by atomic mass is 35.5. The number of hydrogen-bond donors (Lipinski definition) is 2. The molecule has 2 N–H and O–H groups in total. The van der Waals surface area contributed by atoms with Gasteiger partial charge in [0.05, 0.1) is 5.39 Å². The van der Waals surface area contributed by atoms with Crippen molar-refractivity contribution in [2.75, 3.05) is 0 Å². The number of pyridine rings is 1. The largest absolute Gasteiger partial charge is 0.348 e. The molecule has 56 valence electrons. The van der Waals surface area contributed by atoms with Crippen molar-refractivity contribution in [1.82, 2.24) is 9.97 Å². The van der Waals surface area contributed by atoms with Crippen LogP contribution in [0, 0.1) is 0 Å². The first kappa shape index (κ1) is 6.49. The van der Waals surface area contributed by atoms with Gasteiger partial charge in [-0.25, -0.2) is 0 Å². The summed E-state index contributed by atoms with van der Waals surface area (Å²) in [6, 6.07) is 1.69. The Morgan fingerprint density at radius 1 is 1.36 bits per heavy atom. The van der Waals surface area contributed by atoms with Crippen LogP contribution in [0.2, 0.25) is 5.02 Å². The first-order valence-corrected chi connectivity index (χ1v) is 3.51. The Morgan fingerprint density at radius 2 is 2.18 bits per heavy atom. The van der Waals surface area contributed by atoms with Crippen molar-refractivity contribution in [1.29, 1.82) is 0 Å². The molecule has 3 nitrogen and oxygen atoms in total. The Balaban J connectivity index is 3.05. The number of rotatable bonds is 0. The summed E-state index contributed by atoms with van der Waals surface area (Å²) in [5.74, 6) is 0. The molecule has 4 heteroatoms. The standard InChI is InChI=1S/C7H5ClN2O/c8-5-3-10-7-4(6(5)11)1-2-9-7/h1-3H,(H2,9,10,11). The van der Waals surface area contributed by atoms with Gasteiger partial charge in [-0.05, 0) is 6.07 Å². The highest BCUT2D eigenvalue weighted by Gasteiger charge is 2.01. The second kappa shape index (κ2) is 2.13. The molecule has 0 aliphatic rings. The maximum absolute atomic E-state index is 11.2. The van der Waals surface area contributed by atoms with Crippen molar-refractivity contribution in [2.24, 2.45) is 0 Å². The van der Waals surface area contributed by atoms with Crippen LogP contribution in [0.4, 0.5) is 0 Å². The molecule has 2 rings (SSSR count). The van der Waals surface area contributed by atoms with Crippen LogP contribution in [-0.4, -0.2) is 9.97 Å². The maximum atomic E-state index is 11.2. The van der Waals surface area contributed by atoms with Crippen LogP contribution in [0.3, 0.4) is 0 Å². The molecular weight excluding hydrogens is 164 g/mol. The molecule has 2 heterocycles. The lowest BCUT2D eigenvalue weighted by atomic mass is 10.3. The molecule has 0 radical (unpaired) electrons. The molecular formula is C7H5ClN2O. The van der Waals surface area contributed by atoms with E-state index in [1.807, 2.05) is 0 Å². The minimum absolute atomic E-state index is 0.137. The summed E-state index contributed by atoms with van der Waals surface area (Å²) in [5, 5.41) is 0.814. The predicted octanol–water partition coefficient (Wildman–Crippen LogP) is 1.51. The van der Waals surface area contributed by atoms with Crippen LogP contribution in [0.15, 0.2) is 23.3 Å². The van der Waals surface area contributed by atoms with E-state index in [1.165, 1.54) is 6.20 Å². The summed E-state index contributed by atoms with van der Waals surface area (Å²) < 4.78 is 0. The molecule has 0 amide bonds. The number of hydrogen-bond acceptors (Lipinski definition) is 1. The van der Waals surface area contributed by atoms with Crippen molar-refractivity contribution in [3.8, 4) is 0 Å². The van der Waals surface area contributed by atoms with Gasteiger partial charge in [0, 0.05) is 12.4 Å². The second-order valence-corrected chi connectivity index (χ2v) is 2.64. The molecule has 0 saturated heterocycles. The van der Waals surface area contributed by atoms with Crippen LogP contribution < -0.4 is 5.43 Å². The van der Waals surface area contributed by atoms with Crippen molar-refractivity contribution in [2.45, 2.75) is 0 Å². The zero-order valence-corrected chi connectivity index (χ0v) is 6.27. The predicted molar refractivity (Wildman–Crippen MR) is 43.9 cm³/mol. The third kappa shape index (κ3) is 0.851. The van der Waals surface area contributed by atoms with Gasteiger partial charge in [0.25, 0.3) is 0 Å². The van der Waals surface area contributed by atoms with E-state index in [9.17, 15) is 4.79 Å². The molecule has 0 spiro atoms. The van der Waals surface area contributed by atoms with E-state index in [1.54, 1.807) is 12.3 Å². The van der Waals surface area contributed by atoms with E-state index in [0.29, 0.717) is 11.0 Å². The van der Waals surface area contributed by atoms with Gasteiger partial charge < -0.3 is 9.97 Å². The minimum atomic E-state index is -0.137. The Morgan fingerprint density at radius 3 is 3.00 bits per heavy atom. The van der Waals surface area contributed by atoms with E-state index in [2.05, 4.69) is 9.97 Å². The van der Waals surface area contributed by atoms with E-state index < -0.39 is 0 Å². The topological polar surface area (TPSA) is 48.6 Å². The van der Waals surface area contributed by atoms with E-state index in [-0.39, 0.29) is 10.5 Å². The third-order valence-electron chi connectivity index (χ3n) is 1.55. The molecule has 0 atom stereocenters. The zero-order chi connectivity index (χ0) is 7.84. The third-order valence-corrected chi connectivity index (χ3v) is 1.83. The van der Waals surface area contributed by atoms with Crippen LogP contribution in [0.25, 0.3) is 11.0 Å². The smallest absolute Gasteiger partial charge is 0.209 e. The summed E-state index contributed by atoms with van der Waals surface area (Å²) >= 11 is 5.59. The highest BCUT2D eigenvalue weighted by Crippen LogP contribution is 2.07. The van der Waals surface area contributed by atoms with Gasteiger partial charge in [-0.1, -0.05) is 11.6 Å². The van der Waals surface area contributed by atoms with Crippen molar-refractivity contribution < 1.29 is 0 Å². The van der Waals surface area contributed by atoms with Crippen molar-refractivity contribution in [3.63, 3.8) is 0 Å². The summed E-state index contributed by atoms with van der Waals surface area (Å²) in [6.07, 6.45) is 3.17. The van der Waals surface area contributed by atoms with Crippen LogP contribution in [0.1, 0.15) is 0 Å². The van der Waals surface area contributed by atoms with Crippen LogP contribution >= 0.6 is 11.6 Å². The fourth-order valence-electron chi connectivity index (χ4n) is 1.01. The fourth-order valence-corrected chi connectivity index (χ4v) is 1.16. The lowest BCUT2D eigenvalue weighted by Gasteiger charge is -1.89. The summed E-state index contributed by atoms with van der Waals surface area (Å²) in [5.41, 5.74) is 0.570. The van der Waals surface area contributed by atoms with Crippen LogP contribution in [-0.2, 0) is 0 Å². The number of aromatic nitrogens is 2. The van der Waals surface area contributed by atoms with E-state index in [4.69, 9.17) is 11.6 Å². The minimum Gasteiger partial charge on any atom is -0.348 e. The van der Waals surface area contributed by atoms with Crippen molar-refractivity contribution >= 4 is 22.6 Å². The van der Waals surface area contributed by atoms with Gasteiger partial charge in [-0.3, -0.25) is 4.79 Å². The van der Waals surface area contributed by atoms with Crippen LogP contribution in [0.5, 0.6) is 0 Å². The summed E-state index contributed by atoms with van der Waals surface area (Å²) in [6.45, 7) is 0. The van der Waals surface area contributed by atoms with Gasteiger partial charge in [-0.15, -0.1) is 0 Å². The van der Waals surface area contributed by atoms with E-state index >= 15 is 0 Å². The maximum Gasteiger partial charge on any atom is 0.209 e. The number of fused-ring (bicyclic) bond motifs is 1. The lowest BCUT2D eigenvalue weighted by molar-refractivity contribution is 1.32. The SMILES string of the molecule is O=c1c(Cl)c[nH]c2[nH]ccc12. The van der Waals surface area contributed by atoms with Gasteiger partial charge in [0.2, 0.25) is 5.43 Å². The lowest BCUT2D eigenvalue weighted by Crippen LogP contribution is -2.00. The Kier molecular flexibility index (Phi) is 1.26. The monoisotopic (exact) mass is 168 g/mol. The fraction of sp³-hybridized carbons (Fsp3) is 0. The second-order valence-electron chi connectivity index (χ2n) is 2.23. The first-order valence-electron chi connectivity index (χ1n) is 3.13. The number of H-pyrrole nitrogens is 2. The van der Waals surface area contributed by atoms with Gasteiger partial charge >= 0.3 is 0 Å². The number of nitrogens with one attached hydrogen (secondary N) is 2. The Labute approximate surface area is 67.0 Å². The molecule has 0 unspecified atom stereocenters. The number of halogens is 1. The number of aromatic amines is 2. The molecule has 0 aliphatic heterocycles. The van der Waals surface area contributed by atoms with Crippen molar-refractivity contribution in [3.05, 3.63) is 33.7 Å². The average molecular weight is 169 g/mol. The normalized spacial score (nSPS) is 10.6.